The van der Waals surface area contributed by atoms with Crippen molar-refractivity contribution >= 4 is 11.9 Å². The number of hydrogen-bond acceptors (Lipinski definition) is 11. The van der Waals surface area contributed by atoms with Crippen LogP contribution in [0.3, 0.4) is 0 Å². The molecule has 13 heteroatoms. The van der Waals surface area contributed by atoms with Crippen molar-refractivity contribution in [1.82, 2.24) is 14.9 Å². The van der Waals surface area contributed by atoms with E-state index in [1.54, 1.807) is 36.5 Å². The van der Waals surface area contributed by atoms with E-state index in [0.717, 1.165) is 44.7 Å². The predicted molar refractivity (Wildman–Crippen MR) is 163 cm³/mol. The van der Waals surface area contributed by atoms with Crippen LogP contribution in [0.2, 0.25) is 0 Å². The lowest BCUT2D eigenvalue weighted by Gasteiger charge is -2.39. The number of carbonyl (C=O) groups excluding carboxylic acids is 1. The number of hydrogen-bond donors (Lipinski definition) is 5. The summed E-state index contributed by atoms with van der Waals surface area (Å²) >= 11 is 0. The first-order valence-electron chi connectivity index (χ1n) is 15.8. The molecule has 2 aliphatic heterocycles. The summed E-state index contributed by atoms with van der Waals surface area (Å²) in [5.41, 5.74) is 0.323. The number of benzene rings is 1. The Balaban J connectivity index is 1.08. The molecular weight excluding hydrogens is 587 g/mol. The van der Waals surface area contributed by atoms with E-state index in [9.17, 15) is 29.6 Å². The second-order valence-electron chi connectivity index (χ2n) is 12.2. The zero-order valence-electron chi connectivity index (χ0n) is 25.9. The number of aliphatic hydroxyl groups is 5. The molecule has 2 saturated heterocycles. The van der Waals surface area contributed by atoms with Gasteiger partial charge in [-0.1, -0.05) is 12.5 Å². The summed E-state index contributed by atoms with van der Waals surface area (Å²) in [7, 11) is 1.59. The minimum Gasteiger partial charge on any atom is -0.494 e. The molecule has 2 aromatic rings. The smallest absolute Gasteiger partial charge is 0.227 e. The second-order valence-corrected chi connectivity index (χ2v) is 12.2. The number of halogens is 1. The monoisotopic (exact) mass is 634 g/mol. The van der Waals surface area contributed by atoms with Crippen LogP contribution in [0.1, 0.15) is 50.5 Å². The Bertz CT molecular complexity index is 1190. The van der Waals surface area contributed by atoms with Crippen molar-refractivity contribution in [2.24, 2.45) is 11.8 Å². The van der Waals surface area contributed by atoms with Crippen molar-refractivity contribution in [3.8, 4) is 11.5 Å². The van der Waals surface area contributed by atoms with Crippen LogP contribution in [0.15, 0.2) is 30.6 Å². The molecule has 1 amide bonds. The summed E-state index contributed by atoms with van der Waals surface area (Å²) in [6.45, 7) is 2.67. The molecule has 0 saturated carbocycles. The molecule has 5 N–H and O–H groups in total. The molecule has 1 aromatic carbocycles. The average Bonchev–Trinajstić information content (AvgIpc) is 3.04. The third kappa shape index (κ3) is 9.94. The van der Waals surface area contributed by atoms with Gasteiger partial charge in [0.2, 0.25) is 11.9 Å². The number of ether oxygens (including phenoxy) is 2. The number of aromatic nitrogens is 2. The van der Waals surface area contributed by atoms with Gasteiger partial charge in [-0.3, -0.25) is 4.79 Å². The summed E-state index contributed by atoms with van der Waals surface area (Å²) in [6.07, 6.45) is 2.87. The van der Waals surface area contributed by atoms with Crippen molar-refractivity contribution in [3.63, 3.8) is 0 Å². The molecule has 4 atom stereocenters. The van der Waals surface area contributed by atoms with Gasteiger partial charge in [0, 0.05) is 32.2 Å². The van der Waals surface area contributed by atoms with Gasteiger partial charge >= 0.3 is 0 Å². The van der Waals surface area contributed by atoms with E-state index in [4.69, 9.17) is 14.6 Å². The third-order valence-electron chi connectivity index (χ3n) is 8.89. The standard InChI is InChI=1S/C32H47FN4O8/c1-44-25-16-34-32(35-17-25)36-11-9-21(10-12-36)5-3-13-45-24-8-7-23(26(33)15-24)14-29(41)37-18-22(19-37)4-2-6-27(39)30(42)31(43)28(40)20-38/h7-8,15-17,21-22,27-28,30-31,38-40,42-43H,2-6,9-14,18-20H2,1H3/t27-,28+,30+,31+/m0/s1. The van der Waals surface area contributed by atoms with Crippen LogP contribution < -0.4 is 14.4 Å². The molecule has 1 aromatic heterocycles. The van der Waals surface area contributed by atoms with E-state index in [2.05, 4.69) is 14.9 Å². The number of anilines is 1. The molecule has 4 rings (SSSR count). The fourth-order valence-electron chi connectivity index (χ4n) is 5.90. The highest BCUT2D eigenvalue weighted by Gasteiger charge is 2.32. The molecule has 0 unspecified atom stereocenters. The van der Waals surface area contributed by atoms with Crippen LogP contribution in [0, 0.1) is 17.7 Å². The maximum Gasteiger partial charge on any atom is 0.227 e. The van der Waals surface area contributed by atoms with Crippen molar-refractivity contribution < 1.29 is 44.2 Å². The molecule has 2 aliphatic rings. The Kier molecular flexibility index (Phi) is 13.1. The molecule has 0 spiro atoms. The molecule has 12 nitrogen and oxygen atoms in total. The Morgan fingerprint density at radius 3 is 2.29 bits per heavy atom. The lowest BCUT2D eigenvalue weighted by atomic mass is 9.91. The van der Waals surface area contributed by atoms with Crippen LogP contribution in [-0.4, -0.2) is 117 Å². The molecular formula is C32H47FN4O8. The van der Waals surface area contributed by atoms with Gasteiger partial charge in [0.1, 0.15) is 29.9 Å². The van der Waals surface area contributed by atoms with E-state index < -0.39 is 36.8 Å². The summed E-state index contributed by atoms with van der Waals surface area (Å²) in [4.78, 5) is 25.3. The summed E-state index contributed by atoms with van der Waals surface area (Å²) < 4.78 is 25.7. The van der Waals surface area contributed by atoms with E-state index in [1.807, 2.05) is 0 Å². The van der Waals surface area contributed by atoms with Crippen molar-refractivity contribution in [2.75, 3.05) is 51.4 Å². The predicted octanol–water partition coefficient (Wildman–Crippen LogP) is 1.31. The molecule has 2 fully saturated rings. The van der Waals surface area contributed by atoms with Crippen LogP contribution in [-0.2, 0) is 11.2 Å². The molecule has 3 heterocycles. The first kappa shape index (κ1) is 34.8. The summed E-state index contributed by atoms with van der Waals surface area (Å²) in [6, 6.07) is 4.64. The van der Waals surface area contributed by atoms with Crippen molar-refractivity contribution in [1.29, 1.82) is 0 Å². The van der Waals surface area contributed by atoms with Gasteiger partial charge < -0.3 is 44.8 Å². The molecule has 0 aliphatic carbocycles. The Morgan fingerprint density at radius 1 is 0.978 bits per heavy atom. The normalized spacial score (nSPS) is 18.6. The van der Waals surface area contributed by atoms with E-state index in [0.29, 0.717) is 55.5 Å². The number of methoxy groups -OCH3 is 1. The first-order valence-corrected chi connectivity index (χ1v) is 15.8. The maximum atomic E-state index is 14.8. The molecule has 0 radical (unpaired) electrons. The minimum absolute atomic E-state index is 0.0327. The van der Waals surface area contributed by atoms with Gasteiger partial charge in [-0.25, -0.2) is 14.4 Å². The number of amides is 1. The average molecular weight is 635 g/mol. The van der Waals surface area contributed by atoms with Gasteiger partial charge in [-0.05, 0) is 62.0 Å². The van der Waals surface area contributed by atoms with E-state index in [-0.39, 0.29) is 24.7 Å². The van der Waals surface area contributed by atoms with Gasteiger partial charge in [0.15, 0.2) is 5.75 Å². The van der Waals surface area contributed by atoms with Gasteiger partial charge in [-0.15, -0.1) is 0 Å². The molecule has 45 heavy (non-hydrogen) atoms. The lowest BCUT2D eigenvalue weighted by molar-refractivity contribution is -0.137. The summed E-state index contributed by atoms with van der Waals surface area (Å²) in [5.74, 6) is 2.03. The van der Waals surface area contributed by atoms with Crippen molar-refractivity contribution in [2.45, 2.75) is 75.8 Å². The maximum absolute atomic E-state index is 14.8. The second kappa shape index (κ2) is 17.0. The van der Waals surface area contributed by atoms with E-state index in [1.165, 1.54) is 6.07 Å². The SMILES string of the molecule is COc1cnc(N2CCC(CCCOc3ccc(CC(=O)N4CC(CCC[C@H](O)[C@@H](O)[C@H](O)[C@H](O)CO)C4)c(F)c3)CC2)nc1. The number of likely N-dealkylation sites (tertiary alicyclic amines) is 1. The van der Waals surface area contributed by atoms with Gasteiger partial charge in [-0.2, -0.15) is 0 Å². The van der Waals surface area contributed by atoms with Gasteiger partial charge in [0.25, 0.3) is 0 Å². The number of rotatable bonds is 17. The molecule has 250 valence electrons. The summed E-state index contributed by atoms with van der Waals surface area (Å²) in [5, 5.41) is 47.9. The van der Waals surface area contributed by atoms with Crippen LogP contribution in [0.4, 0.5) is 10.3 Å². The minimum atomic E-state index is -1.63. The number of piperidine rings is 1. The zero-order chi connectivity index (χ0) is 32.3. The Labute approximate surface area is 263 Å². The van der Waals surface area contributed by atoms with Crippen LogP contribution in [0.25, 0.3) is 0 Å². The number of nitrogens with zero attached hydrogens (tertiary/aromatic N) is 4. The topological polar surface area (TPSA) is 169 Å². The quantitative estimate of drug-likeness (QED) is 0.159. The fraction of sp³-hybridized carbons (Fsp3) is 0.656. The van der Waals surface area contributed by atoms with E-state index >= 15 is 0 Å². The number of carbonyl (C=O) groups is 1. The Hall–Kier alpha value is -3.10. The van der Waals surface area contributed by atoms with Crippen LogP contribution in [0.5, 0.6) is 11.5 Å². The highest BCUT2D eigenvalue weighted by atomic mass is 19.1. The largest absolute Gasteiger partial charge is 0.494 e. The fourth-order valence-corrected chi connectivity index (χ4v) is 5.90. The highest BCUT2D eigenvalue weighted by molar-refractivity contribution is 5.79. The Morgan fingerprint density at radius 2 is 1.64 bits per heavy atom. The lowest BCUT2D eigenvalue weighted by Crippen LogP contribution is -2.50. The zero-order valence-corrected chi connectivity index (χ0v) is 25.9. The first-order chi connectivity index (χ1) is 21.7. The third-order valence-corrected chi connectivity index (χ3v) is 8.89. The van der Waals surface area contributed by atoms with Crippen molar-refractivity contribution in [3.05, 3.63) is 42.0 Å². The van der Waals surface area contributed by atoms with Gasteiger partial charge in [0.05, 0.1) is 45.2 Å². The highest BCUT2D eigenvalue weighted by Crippen LogP contribution is 2.27. The van der Waals surface area contributed by atoms with Crippen LogP contribution >= 0.6 is 0 Å². The molecule has 0 bridgehead atoms. The number of aliphatic hydroxyl groups excluding tert-OH is 5.